The van der Waals surface area contributed by atoms with Crippen molar-refractivity contribution in [1.82, 2.24) is 19.8 Å². The summed E-state index contributed by atoms with van der Waals surface area (Å²) < 4.78 is 6.05. The highest BCUT2D eigenvalue weighted by atomic mass is 16.5. The van der Waals surface area contributed by atoms with Crippen LogP contribution in [0.25, 0.3) is 5.65 Å². The number of carbonyl (C=O) groups excluding carboxylic acids is 2. The predicted octanol–water partition coefficient (Wildman–Crippen LogP) is 0.850. The molecule has 0 unspecified atom stereocenters. The number of hydrogen-bond acceptors (Lipinski definition) is 6. The third-order valence-electron chi connectivity index (χ3n) is 3.05. The molecule has 23 heavy (non-hydrogen) atoms. The molecule has 0 aliphatic heterocycles. The highest BCUT2D eigenvalue weighted by molar-refractivity contribution is 6.04. The van der Waals surface area contributed by atoms with E-state index in [9.17, 15) is 14.4 Å². The molecule has 1 amide bonds. The topological polar surface area (TPSA) is 118 Å². The van der Waals surface area contributed by atoms with Gasteiger partial charge >= 0.3 is 5.97 Å². The van der Waals surface area contributed by atoms with Crippen LogP contribution in [0.4, 0.5) is 5.82 Å². The first kappa shape index (κ1) is 16.7. The summed E-state index contributed by atoms with van der Waals surface area (Å²) in [5.41, 5.74) is -0.753. The van der Waals surface area contributed by atoms with Gasteiger partial charge in [0.15, 0.2) is 5.65 Å². The third kappa shape index (κ3) is 3.08. The minimum absolute atomic E-state index is 0.00481. The van der Waals surface area contributed by atoms with Gasteiger partial charge in [-0.05, 0) is 6.92 Å². The zero-order chi connectivity index (χ0) is 17.4. The summed E-state index contributed by atoms with van der Waals surface area (Å²) in [6.45, 7) is 8.57. The molecule has 2 heterocycles. The Morgan fingerprint density at radius 3 is 2.48 bits per heavy atom. The molecule has 0 bridgehead atoms. The minimum atomic E-state index is -0.702. The number of aromatic nitrogens is 4. The molecule has 0 aliphatic carbocycles. The molecule has 2 N–H and O–H groups in total. The van der Waals surface area contributed by atoms with Crippen LogP contribution >= 0.6 is 0 Å². The average Bonchev–Trinajstić information content (AvgIpc) is 2.76. The highest BCUT2D eigenvalue weighted by Gasteiger charge is 2.27. The zero-order valence-electron chi connectivity index (χ0n) is 13.7. The van der Waals surface area contributed by atoms with Gasteiger partial charge in [-0.25, -0.2) is 4.79 Å². The van der Waals surface area contributed by atoms with Crippen molar-refractivity contribution in [3.63, 3.8) is 0 Å². The standard InChI is InChI=1S/C14H19N5O4/c1-6-23-13(22)8-10(15-7(2)20)18-19-11(8)17-16-9(12(19)21)14(3,4)5/h18H,6H2,1-5H3,(H,15,20). The zero-order valence-corrected chi connectivity index (χ0v) is 13.7. The molecule has 0 aromatic carbocycles. The van der Waals surface area contributed by atoms with E-state index in [0.29, 0.717) is 0 Å². The molecule has 124 valence electrons. The summed E-state index contributed by atoms with van der Waals surface area (Å²) in [5.74, 6) is -1.06. The number of H-pyrrole nitrogens is 1. The lowest BCUT2D eigenvalue weighted by atomic mass is 9.93. The van der Waals surface area contributed by atoms with Gasteiger partial charge in [-0.15, -0.1) is 10.2 Å². The summed E-state index contributed by atoms with van der Waals surface area (Å²) in [6, 6.07) is 0. The number of nitrogens with one attached hydrogen (secondary N) is 2. The third-order valence-corrected chi connectivity index (χ3v) is 3.05. The quantitative estimate of drug-likeness (QED) is 0.809. The molecule has 0 radical (unpaired) electrons. The van der Waals surface area contributed by atoms with Crippen molar-refractivity contribution in [3.8, 4) is 0 Å². The maximum Gasteiger partial charge on any atom is 0.345 e. The monoisotopic (exact) mass is 321 g/mol. The lowest BCUT2D eigenvalue weighted by Gasteiger charge is -2.15. The van der Waals surface area contributed by atoms with Crippen LogP contribution in [-0.4, -0.2) is 38.3 Å². The van der Waals surface area contributed by atoms with Gasteiger partial charge in [0, 0.05) is 12.3 Å². The number of carbonyl (C=O) groups is 2. The van der Waals surface area contributed by atoms with Crippen molar-refractivity contribution in [3.05, 3.63) is 21.6 Å². The molecular weight excluding hydrogens is 302 g/mol. The van der Waals surface area contributed by atoms with Crippen molar-refractivity contribution in [2.45, 2.75) is 40.0 Å². The number of aromatic amines is 1. The van der Waals surface area contributed by atoms with Gasteiger partial charge in [-0.2, -0.15) is 4.52 Å². The Morgan fingerprint density at radius 1 is 1.30 bits per heavy atom. The van der Waals surface area contributed by atoms with Crippen LogP contribution in [0.3, 0.4) is 0 Å². The van der Waals surface area contributed by atoms with Crippen LogP contribution < -0.4 is 10.9 Å². The van der Waals surface area contributed by atoms with E-state index in [1.807, 2.05) is 20.8 Å². The van der Waals surface area contributed by atoms with Crippen LogP contribution in [-0.2, 0) is 14.9 Å². The van der Waals surface area contributed by atoms with E-state index in [-0.39, 0.29) is 29.3 Å². The number of esters is 1. The molecule has 0 aliphatic rings. The Bertz CT molecular complexity index is 828. The average molecular weight is 321 g/mol. The van der Waals surface area contributed by atoms with Gasteiger partial charge in [0.25, 0.3) is 5.56 Å². The molecule has 9 heteroatoms. The van der Waals surface area contributed by atoms with E-state index < -0.39 is 22.9 Å². The fourth-order valence-electron chi connectivity index (χ4n) is 2.07. The summed E-state index contributed by atoms with van der Waals surface area (Å²) in [4.78, 5) is 36.0. The summed E-state index contributed by atoms with van der Waals surface area (Å²) >= 11 is 0. The molecule has 0 saturated heterocycles. The second kappa shape index (κ2) is 5.82. The van der Waals surface area contributed by atoms with E-state index in [2.05, 4.69) is 20.6 Å². The number of ether oxygens (including phenoxy) is 1. The molecule has 2 aromatic heterocycles. The summed E-state index contributed by atoms with van der Waals surface area (Å²) in [6.07, 6.45) is 0. The van der Waals surface area contributed by atoms with Crippen molar-refractivity contribution >= 4 is 23.3 Å². The van der Waals surface area contributed by atoms with Crippen LogP contribution in [0.2, 0.25) is 0 Å². The second-order valence-corrected chi connectivity index (χ2v) is 6.03. The second-order valence-electron chi connectivity index (χ2n) is 6.03. The number of fused-ring (bicyclic) bond motifs is 1. The fraction of sp³-hybridized carbons (Fsp3) is 0.500. The molecule has 2 rings (SSSR count). The van der Waals surface area contributed by atoms with E-state index in [1.165, 1.54) is 6.92 Å². The van der Waals surface area contributed by atoms with E-state index in [1.54, 1.807) is 6.92 Å². The first-order valence-corrected chi connectivity index (χ1v) is 7.13. The number of hydrogen-bond donors (Lipinski definition) is 2. The van der Waals surface area contributed by atoms with Crippen molar-refractivity contribution in [2.75, 3.05) is 11.9 Å². The molecule has 9 nitrogen and oxygen atoms in total. The number of nitrogens with zero attached hydrogens (tertiary/aromatic N) is 3. The van der Waals surface area contributed by atoms with E-state index in [0.717, 1.165) is 4.52 Å². The van der Waals surface area contributed by atoms with E-state index >= 15 is 0 Å². The minimum Gasteiger partial charge on any atom is -0.462 e. The molecule has 2 aromatic rings. The molecule has 0 saturated carbocycles. The molecule has 0 fully saturated rings. The van der Waals surface area contributed by atoms with Gasteiger partial charge < -0.3 is 10.1 Å². The van der Waals surface area contributed by atoms with Crippen LogP contribution in [0.15, 0.2) is 4.79 Å². The maximum atomic E-state index is 12.6. The predicted molar refractivity (Wildman–Crippen MR) is 82.6 cm³/mol. The smallest absolute Gasteiger partial charge is 0.345 e. The van der Waals surface area contributed by atoms with Crippen LogP contribution in [0.5, 0.6) is 0 Å². The first-order chi connectivity index (χ1) is 10.7. The Kier molecular flexibility index (Phi) is 4.22. The van der Waals surface area contributed by atoms with Crippen LogP contribution in [0, 0.1) is 0 Å². The Morgan fingerprint density at radius 2 is 1.96 bits per heavy atom. The largest absolute Gasteiger partial charge is 0.462 e. The van der Waals surface area contributed by atoms with Crippen molar-refractivity contribution < 1.29 is 14.3 Å². The highest BCUT2D eigenvalue weighted by Crippen LogP contribution is 2.21. The van der Waals surface area contributed by atoms with Crippen molar-refractivity contribution in [2.24, 2.45) is 0 Å². The Balaban J connectivity index is 2.76. The summed E-state index contributed by atoms with van der Waals surface area (Å²) in [5, 5.41) is 13.1. The first-order valence-electron chi connectivity index (χ1n) is 7.13. The lowest BCUT2D eigenvalue weighted by Crippen LogP contribution is -2.30. The maximum absolute atomic E-state index is 12.6. The molecular formula is C14H19N5O4. The van der Waals surface area contributed by atoms with Crippen molar-refractivity contribution in [1.29, 1.82) is 0 Å². The SMILES string of the molecule is CCOC(=O)c1c(NC(C)=O)[nH]n2c(=O)c(C(C)(C)C)nnc12. The van der Waals surface area contributed by atoms with Gasteiger partial charge in [0.05, 0.1) is 6.61 Å². The van der Waals surface area contributed by atoms with E-state index in [4.69, 9.17) is 4.74 Å². The summed E-state index contributed by atoms with van der Waals surface area (Å²) in [7, 11) is 0. The Labute approximate surface area is 132 Å². The van der Waals surface area contributed by atoms with Gasteiger partial charge in [0.2, 0.25) is 5.91 Å². The van der Waals surface area contributed by atoms with Gasteiger partial charge in [-0.3, -0.25) is 14.7 Å². The lowest BCUT2D eigenvalue weighted by molar-refractivity contribution is -0.114. The molecule has 0 spiro atoms. The molecule has 0 atom stereocenters. The Hall–Kier alpha value is -2.71. The van der Waals surface area contributed by atoms with Crippen LogP contribution in [0.1, 0.15) is 50.7 Å². The number of rotatable bonds is 3. The fourth-order valence-corrected chi connectivity index (χ4v) is 2.07. The number of anilines is 1. The van der Waals surface area contributed by atoms with Gasteiger partial charge in [0.1, 0.15) is 17.1 Å². The normalized spacial score (nSPS) is 11.5. The number of amides is 1. The van der Waals surface area contributed by atoms with Gasteiger partial charge in [-0.1, -0.05) is 20.8 Å².